The SMILES string of the molecule is CCn1c(C#N)nc2cccnc21. The number of nitrogens with zero attached hydrogens (tertiary/aromatic N) is 4. The van der Waals surface area contributed by atoms with Crippen molar-refractivity contribution in [3.05, 3.63) is 24.2 Å². The minimum Gasteiger partial charge on any atom is -0.301 e. The molecule has 0 saturated heterocycles. The van der Waals surface area contributed by atoms with E-state index in [4.69, 9.17) is 5.26 Å². The summed E-state index contributed by atoms with van der Waals surface area (Å²) in [5.41, 5.74) is 1.56. The van der Waals surface area contributed by atoms with Gasteiger partial charge in [-0.25, -0.2) is 9.97 Å². The molecule has 0 spiro atoms. The van der Waals surface area contributed by atoms with Gasteiger partial charge in [-0.1, -0.05) is 0 Å². The monoisotopic (exact) mass is 172 g/mol. The fourth-order valence-electron chi connectivity index (χ4n) is 1.34. The normalized spacial score (nSPS) is 10.2. The predicted molar refractivity (Wildman–Crippen MR) is 47.9 cm³/mol. The Labute approximate surface area is 75.5 Å². The van der Waals surface area contributed by atoms with Gasteiger partial charge in [0.25, 0.3) is 0 Å². The largest absolute Gasteiger partial charge is 0.301 e. The molecule has 0 fully saturated rings. The van der Waals surface area contributed by atoms with Crippen LogP contribution in [0, 0.1) is 11.3 Å². The molecule has 4 nitrogen and oxygen atoms in total. The summed E-state index contributed by atoms with van der Waals surface area (Å²) in [5, 5.41) is 8.79. The first-order valence-corrected chi connectivity index (χ1v) is 4.08. The maximum absolute atomic E-state index is 8.79. The molecule has 0 aromatic carbocycles. The summed E-state index contributed by atoms with van der Waals surface area (Å²) in [5.74, 6) is 0.427. The van der Waals surface area contributed by atoms with Gasteiger partial charge in [-0.15, -0.1) is 0 Å². The van der Waals surface area contributed by atoms with Crippen LogP contribution in [0.2, 0.25) is 0 Å². The number of hydrogen-bond acceptors (Lipinski definition) is 3. The predicted octanol–water partition coefficient (Wildman–Crippen LogP) is 1.32. The van der Waals surface area contributed by atoms with Gasteiger partial charge in [-0.2, -0.15) is 5.26 Å². The van der Waals surface area contributed by atoms with Crippen LogP contribution in [0.1, 0.15) is 12.7 Å². The molecule has 2 heterocycles. The highest BCUT2D eigenvalue weighted by Crippen LogP contribution is 2.11. The second kappa shape index (κ2) is 2.87. The molecule has 4 heteroatoms. The van der Waals surface area contributed by atoms with E-state index in [1.165, 1.54) is 0 Å². The van der Waals surface area contributed by atoms with Crippen LogP contribution in [-0.2, 0) is 6.54 Å². The van der Waals surface area contributed by atoms with E-state index in [0.717, 1.165) is 17.7 Å². The molecule has 13 heavy (non-hydrogen) atoms. The first-order chi connectivity index (χ1) is 6.36. The minimum atomic E-state index is 0.427. The third kappa shape index (κ3) is 1.05. The van der Waals surface area contributed by atoms with Crippen molar-refractivity contribution in [2.24, 2.45) is 0 Å². The zero-order chi connectivity index (χ0) is 9.26. The van der Waals surface area contributed by atoms with Crippen LogP contribution in [0.4, 0.5) is 0 Å². The average molecular weight is 172 g/mol. The van der Waals surface area contributed by atoms with E-state index in [2.05, 4.69) is 9.97 Å². The summed E-state index contributed by atoms with van der Waals surface area (Å²) in [6.07, 6.45) is 1.71. The number of nitriles is 1. The molecule has 0 atom stereocenters. The van der Waals surface area contributed by atoms with Crippen molar-refractivity contribution in [2.75, 3.05) is 0 Å². The maximum Gasteiger partial charge on any atom is 0.215 e. The number of rotatable bonds is 1. The van der Waals surface area contributed by atoms with Crippen LogP contribution >= 0.6 is 0 Å². The van der Waals surface area contributed by atoms with Crippen molar-refractivity contribution in [3.63, 3.8) is 0 Å². The van der Waals surface area contributed by atoms with E-state index in [-0.39, 0.29) is 0 Å². The van der Waals surface area contributed by atoms with Crippen molar-refractivity contribution >= 4 is 11.2 Å². The van der Waals surface area contributed by atoms with Gasteiger partial charge in [0.15, 0.2) is 5.65 Å². The van der Waals surface area contributed by atoms with Gasteiger partial charge in [0.05, 0.1) is 0 Å². The van der Waals surface area contributed by atoms with Crippen LogP contribution in [-0.4, -0.2) is 14.5 Å². The van der Waals surface area contributed by atoms with Gasteiger partial charge in [0.2, 0.25) is 5.82 Å². The highest BCUT2D eigenvalue weighted by Gasteiger charge is 2.07. The van der Waals surface area contributed by atoms with Crippen molar-refractivity contribution in [1.82, 2.24) is 14.5 Å². The second-order valence-electron chi connectivity index (χ2n) is 2.64. The Morgan fingerprint density at radius 2 is 2.46 bits per heavy atom. The molecule has 0 bridgehead atoms. The van der Waals surface area contributed by atoms with Crippen LogP contribution < -0.4 is 0 Å². The van der Waals surface area contributed by atoms with Gasteiger partial charge < -0.3 is 4.57 Å². The molecule has 0 amide bonds. The van der Waals surface area contributed by atoms with Gasteiger partial charge in [0.1, 0.15) is 11.6 Å². The quantitative estimate of drug-likeness (QED) is 0.651. The van der Waals surface area contributed by atoms with Crippen LogP contribution in [0.15, 0.2) is 18.3 Å². The minimum absolute atomic E-state index is 0.427. The molecular formula is C9H8N4. The Hall–Kier alpha value is -1.89. The maximum atomic E-state index is 8.79. The number of fused-ring (bicyclic) bond motifs is 1. The van der Waals surface area contributed by atoms with Crippen molar-refractivity contribution in [2.45, 2.75) is 13.5 Å². The molecular weight excluding hydrogens is 164 g/mol. The molecule has 0 saturated carbocycles. The summed E-state index contributed by atoms with van der Waals surface area (Å²) in [4.78, 5) is 8.31. The molecule has 0 aliphatic rings. The summed E-state index contributed by atoms with van der Waals surface area (Å²) in [6, 6.07) is 5.72. The van der Waals surface area contributed by atoms with Gasteiger partial charge in [0, 0.05) is 12.7 Å². The Bertz CT molecular complexity index is 478. The zero-order valence-corrected chi connectivity index (χ0v) is 7.23. The summed E-state index contributed by atoms with van der Waals surface area (Å²) < 4.78 is 1.80. The van der Waals surface area contributed by atoms with Crippen LogP contribution in [0.5, 0.6) is 0 Å². The van der Waals surface area contributed by atoms with Gasteiger partial charge in [-0.3, -0.25) is 0 Å². The number of pyridine rings is 1. The number of imidazole rings is 1. The first kappa shape index (κ1) is 7.74. The number of hydrogen-bond donors (Lipinski definition) is 0. The van der Waals surface area contributed by atoms with Crippen molar-refractivity contribution in [3.8, 4) is 6.07 Å². The fraction of sp³-hybridized carbons (Fsp3) is 0.222. The van der Waals surface area contributed by atoms with Crippen molar-refractivity contribution in [1.29, 1.82) is 5.26 Å². The molecule has 0 unspecified atom stereocenters. The fourth-order valence-corrected chi connectivity index (χ4v) is 1.34. The smallest absolute Gasteiger partial charge is 0.215 e. The molecule has 2 rings (SSSR count). The molecule has 2 aromatic rings. The molecule has 64 valence electrons. The highest BCUT2D eigenvalue weighted by atomic mass is 15.1. The molecule has 0 radical (unpaired) electrons. The lowest BCUT2D eigenvalue weighted by Gasteiger charge is -1.97. The summed E-state index contributed by atoms with van der Waals surface area (Å²) in [6.45, 7) is 2.69. The molecule has 0 N–H and O–H groups in total. The van der Waals surface area contributed by atoms with E-state index in [9.17, 15) is 0 Å². The van der Waals surface area contributed by atoms with E-state index < -0.39 is 0 Å². The lowest BCUT2D eigenvalue weighted by Crippen LogP contribution is -1.98. The lowest BCUT2D eigenvalue weighted by atomic mass is 10.4. The Kier molecular flexibility index (Phi) is 1.71. The van der Waals surface area contributed by atoms with E-state index in [1.807, 2.05) is 25.1 Å². The highest BCUT2D eigenvalue weighted by molar-refractivity contribution is 5.71. The summed E-state index contributed by atoms with van der Waals surface area (Å²) >= 11 is 0. The Balaban J connectivity index is 2.83. The van der Waals surface area contributed by atoms with E-state index >= 15 is 0 Å². The Morgan fingerprint density at radius 1 is 1.62 bits per heavy atom. The third-order valence-electron chi connectivity index (χ3n) is 1.92. The van der Waals surface area contributed by atoms with E-state index in [0.29, 0.717) is 5.82 Å². The zero-order valence-electron chi connectivity index (χ0n) is 7.23. The lowest BCUT2D eigenvalue weighted by molar-refractivity contribution is 0.764. The molecule has 2 aromatic heterocycles. The van der Waals surface area contributed by atoms with E-state index in [1.54, 1.807) is 10.8 Å². The molecule has 0 aliphatic heterocycles. The number of aryl methyl sites for hydroxylation is 1. The van der Waals surface area contributed by atoms with Gasteiger partial charge >= 0.3 is 0 Å². The Morgan fingerprint density at radius 3 is 3.15 bits per heavy atom. The van der Waals surface area contributed by atoms with Crippen LogP contribution in [0.25, 0.3) is 11.2 Å². The third-order valence-corrected chi connectivity index (χ3v) is 1.92. The topological polar surface area (TPSA) is 54.5 Å². The molecule has 0 aliphatic carbocycles. The summed E-state index contributed by atoms with van der Waals surface area (Å²) in [7, 11) is 0. The average Bonchev–Trinajstić information content (AvgIpc) is 2.55. The van der Waals surface area contributed by atoms with Crippen molar-refractivity contribution < 1.29 is 0 Å². The second-order valence-corrected chi connectivity index (χ2v) is 2.64. The van der Waals surface area contributed by atoms with Gasteiger partial charge in [-0.05, 0) is 19.1 Å². The van der Waals surface area contributed by atoms with Crippen LogP contribution in [0.3, 0.4) is 0 Å². The standard InChI is InChI=1S/C9H8N4/c1-2-13-8(6-10)12-7-4-3-5-11-9(7)13/h3-5H,2H2,1H3. The first-order valence-electron chi connectivity index (χ1n) is 4.08. The number of aromatic nitrogens is 3.